The summed E-state index contributed by atoms with van der Waals surface area (Å²) < 4.78 is 39.5. The fourth-order valence-electron chi connectivity index (χ4n) is 3.76. The van der Waals surface area contributed by atoms with Crippen LogP contribution in [0.3, 0.4) is 0 Å². The molecule has 0 aliphatic heterocycles. The summed E-state index contributed by atoms with van der Waals surface area (Å²) in [6.45, 7) is 15.5. The summed E-state index contributed by atoms with van der Waals surface area (Å²) in [5, 5.41) is 6.58. The molecule has 2 aromatic heterocycles. The Morgan fingerprint density at radius 2 is 1.02 bits per heavy atom. The van der Waals surface area contributed by atoms with Crippen LogP contribution in [0.4, 0.5) is 0 Å². The van der Waals surface area contributed by atoms with Gasteiger partial charge in [-0.1, -0.05) is 28.6 Å². The Labute approximate surface area is 288 Å². The molecule has 0 aromatic carbocycles. The van der Waals surface area contributed by atoms with Gasteiger partial charge in [0.1, 0.15) is 0 Å². The maximum atomic E-state index is 8.20. The number of hydrogen-bond donors (Lipinski definition) is 1. The predicted molar refractivity (Wildman–Crippen MR) is 187 cm³/mol. The van der Waals surface area contributed by atoms with E-state index >= 15 is 0 Å². The monoisotopic (exact) mass is 730 g/mol. The van der Waals surface area contributed by atoms with Crippen LogP contribution in [0.2, 0.25) is 26.2 Å². The summed E-state index contributed by atoms with van der Waals surface area (Å²) in [6, 6.07) is 0. The van der Waals surface area contributed by atoms with E-state index < -0.39 is 16.6 Å². The molecule has 264 valence electrons. The van der Waals surface area contributed by atoms with Gasteiger partial charge in [-0.05, 0) is 31.7 Å². The molecular weight excluding hydrogens is 681 g/mol. The van der Waals surface area contributed by atoms with Gasteiger partial charge < -0.3 is 38.3 Å². The van der Waals surface area contributed by atoms with Crippen LogP contribution in [0.25, 0.3) is 10.4 Å². The summed E-state index contributed by atoms with van der Waals surface area (Å²) in [5.41, 5.74) is 15.4. The molecular formula is C28H50N8O7S2Si2. The number of aromatic nitrogens is 4. The Morgan fingerprint density at radius 1 is 0.638 bits per heavy atom. The first kappa shape index (κ1) is 41.5. The van der Waals surface area contributed by atoms with Crippen molar-refractivity contribution in [3.63, 3.8) is 0 Å². The minimum absolute atomic E-state index is 0.322. The molecule has 0 unspecified atom stereocenters. The number of rotatable bonds is 29. The number of azide groups is 1. The molecule has 2 N–H and O–H groups in total. The maximum Gasteiger partial charge on any atom is 0.187 e. The molecule has 0 aliphatic rings. The molecule has 19 heteroatoms. The van der Waals surface area contributed by atoms with Gasteiger partial charge in [0.05, 0.1) is 79.3 Å². The van der Waals surface area contributed by atoms with E-state index in [1.54, 1.807) is 35.9 Å². The van der Waals surface area contributed by atoms with Gasteiger partial charge in [0.15, 0.2) is 26.9 Å². The van der Waals surface area contributed by atoms with E-state index in [-0.39, 0.29) is 0 Å². The molecule has 15 nitrogen and oxygen atoms in total. The van der Waals surface area contributed by atoms with E-state index in [0.29, 0.717) is 92.4 Å². The first-order valence-electron chi connectivity index (χ1n) is 15.5. The summed E-state index contributed by atoms with van der Waals surface area (Å²) in [4.78, 5) is 20.7. The van der Waals surface area contributed by atoms with E-state index in [1.165, 1.54) is 0 Å². The molecule has 0 radical (unpaired) electrons. The van der Waals surface area contributed by atoms with Crippen molar-refractivity contribution in [2.45, 2.75) is 49.7 Å². The smallest absolute Gasteiger partial charge is 0.187 e. The van der Waals surface area contributed by atoms with Crippen molar-refractivity contribution in [1.82, 2.24) is 19.9 Å². The van der Waals surface area contributed by atoms with Crippen LogP contribution < -0.4 is 5.73 Å². The van der Waals surface area contributed by atoms with Gasteiger partial charge in [-0.15, -0.1) is 0 Å². The van der Waals surface area contributed by atoms with Gasteiger partial charge >= 0.3 is 0 Å². The van der Waals surface area contributed by atoms with Crippen molar-refractivity contribution >= 4 is 40.2 Å². The fraction of sp³-hybridized carbons (Fsp3) is 0.714. The predicted octanol–water partition coefficient (Wildman–Crippen LogP) is 4.02. The Morgan fingerprint density at radius 3 is 1.43 bits per heavy atom. The van der Waals surface area contributed by atoms with Crippen LogP contribution >= 0.6 is 23.5 Å². The summed E-state index contributed by atoms with van der Waals surface area (Å²) in [7, 11) is -3.96. The van der Waals surface area contributed by atoms with E-state index in [4.69, 9.17) is 43.8 Å². The third kappa shape index (κ3) is 21.8. The molecule has 0 aliphatic carbocycles. The summed E-state index contributed by atoms with van der Waals surface area (Å²) >= 11 is 3.27. The molecule has 0 saturated carbocycles. The van der Waals surface area contributed by atoms with E-state index in [1.807, 2.05) is 12.4 Å². The number of nitrogens with zero attached hydrogens (tertiary/aromatic N) is 7. The van der Waals surface area contributed by atoms with E-state index in [9.17, 15) is 0 Å². The molecule has 0 bridgehead atoms. The standard InChI is InChI=1S/C28H50N8O7S2Si2/c1-46(2,23-44-27-31-17-25(18-32-27)21-41-15-13-39-11-9-37-7-5-29)43-47(3,4)24-45-28-33-19-26(20-34-28)22-42-16-14-40-12-10-38-8-6-35-36-30/h17-20H,5-16,21-24,29H2,1-4H3. The first-order chi connectivity index (χ1) is 22.7. The Hall–Kier alpha value is -1.72. The van der Waals surface area contributed by atoms with Crippen LogP contribution in [0.1, 0.15) is 11.1 Å². The SMILES string of the molecule is C[Si](C)(CSc1ncc(COCCOCCOCCN)cn1)O[Si](C)(C)CSc1ncc(COCCOCCOCCN=[N+]=[N-])cn1. The van der Waals surface area contributed by atoms with Gasteiger partial charge in [0, 0.05) is 64.7 Å². The van der Waals surface area contributed by atoms with Crippen molar-refractivity contribution in [3.05, 3.63) is 46.4 Å². The third-order valence-corrected chi connectivity index (χ3v) is 17.8. The molecule has 2 aromatic rings. The maximum absolute atomic E-state index is 8.20. The van der Waals surface area contributed by atoms with E-state index in [2.05, 4.69) is 56.1 Å². The summed E-state index contributed by atoms with van der Waals surface area (Å²) in [6.07, 6.45) is 7.22. The van der Waals surface area contributed by atoms with Crippen LogP contribution in [0, 0.1) is 0 Å². The van der Waals surface area contributed by atoms with E-state index in [0.717, 1.165) is 32.2 Å². The van der Waals surface area contributed by atoms with Gasteiger partial charge in [0.25, 0.3) is 0 Å². The van der Waals surface area contributed by atoms with Crippen LogP contribution in [0.15, 0.2) is 40.2 Å². The Kier molecular flexibility index (Phi) is 22.3. The minimum Gasteiger partial charge on any atom is -0.454 e. The highest BCUT2D eigenvalue weighted by molar-refractivity contribution is 8.01. The van der Waals surface area contributed by atoms with Crippen molar-refractivity contribution in [1.29, 1.82) is 0 Å². The van der Waals surface area contributed by atoms with Gasteiger partial charge in [-0.25, -0.2) is 19.9 Å². The summed E-state index contributed by atoms with van der Waals surface area (Å²) in [5.74, 6) is 0. The third-order valence-electron chi connectivity index (χ3n) is 5.70. The number of thioether (sulfide) groups is 2. The second kappa shape index (κ2) is 25.3. The zero-order valence-corrected chi connectivity index (χ0v) is 31.6. The van der Waals surface area contributed by atoms with Crippen LogP contribution in [-0.2, 0) is 45.8 Å². The van der Waals surface area contributed by atoms with Crippen molar-refractivity contribution in [2.75, 3.05) is 89.9 Å². The average Bonchev–Trinajstić information content (AvgIpc) is 3.05. The Bertz CT molecular complexity index is 1140. The highest BCUT2D eigenvalue weighted by Gasteiger charge is 2.33. The lowest BCUT2D eigenvalue weighted by molar-refractivity contribution is 0.0118. The van der Waals surface area contributed by atoms with Gasteiger partial charge in [-0.2, -0.15) is 0 Å². The number of hydrogen-bond acceptors (Lipinski definition) is 15. The molecule has 0 atom stereocenters. The topological polar surface area (TPSA) is 191 Å². The Balaban J connectivity index is 1.58. The van der Waals surface area contributed by atoms with Crippen molar-refractivity contribution in [2.24, 2.45) is 10.8 Å². The largest absolute Gasteiger partial charge is 0.454 e. The molecule has 0 fully saturated rings. The highest BCUT2D eigenvalue weighted by Crippen LogP contribution is 2.26. The molecule has 0 spiro atoms. The fourth-order valence-corrected chi connectivity index (χ4v) is 15.6. The van der Waals surface area contributed by atoms with Crippen LogP contribution in [-0.4, -0.2) is 126 Å². The lowest BCUT2D eigenvalue weighted by atomic mass is 10.4. The molecule has 2 heterocycles. The average molecular weight is 731 g/mol. The number of nitrogens with two attached hydrogens (primary N) is 1. The van der Waals surface area contributed by atoms with Crippen LogP contribution in [0.5, 0.6) is 0 Å². The zero-order valence-electron chi connectivity index (χ0n) is 28.0. The van der Waals surface area contributed by atoms with Crippen molar-refractivity contribution in [3.8, 4) is 0 Å². The highest BCUT2D eigenvalue weighted by atomic mass is 32.2. The molecule has 47 heavy (non-hydrogen) atoms. The van der Waals surface area contributed by atoms with Gasteiger partial charge in [-0.3, -0.25) is 0 Å². The quantitative estimate of drug-likeness (QED) is 0.0240. The molecule has 0 amide bonds. The first-order valence-corrected chi connectivity index (χ1v) is 23.7. The molecule has 2 rings (SSSR count). The lowest BCUT2D eigenvalue weighted by Crippen LogP contribution is -2.48. The second-order valence-corrected chi connectivity index (χ2v) is 22.7. The second-order valence-electron chi connectivity index (χ2n) is 11.2. The number of ether oxygens (including phenoxy) is 6. The minimum atomic E-state index is -1.98. The normalized spacial score (nSPS) is 11.9. The lowest BCUT2D eigenvalue weighted by Gasteiger charge is -2.33. The zero-order chi connectivity index (χ0) is 34.1. The molecule has 0 saturated heterocycles. The van der Waals surface area contributed by atoms with Gasteiger partial charge in [0.2, 0.25) is 0 Å². The van der Waals surface area contributed by atoms with Crippen molar-refractivity contribution < 1.29 is 32.5 Å².